The fourth-order valence-corrected chi connectivity index (χ4v) is 7.80. The lowest BCUT2D eigenvalue weighted by Crippen LogP contribution is -2.54. The lowest BCUT2D eigenvalue weighted by molar-refractivity contribution is -0.140. The predicted molar refractivity (Wildman–Crippen MR) is 190 cm³/mol. The molecule has 2 amide bonds. The van der Waals surface area contributed by atoms with Gasteiger partial charge in [-0.3, -0.25) is 13.9 Å². The minimum atomic E-state index is -4.27. The first-order valence-corrected chi connectivity index (χ1v) is 18.1. The molecule has 0 spiro atoms. The van der Waals surface area contributed by atoms with Gasteiger partial charge < -0.3 is 15.0 Å². The minimum absolute atomic E-state index is 0.00837. The monoisotopic (exact) mass is 707 g/mol. The van der Waals surface area contributed by atoms with E-state index in [1.165, 1.54) is 30.2 Å². The van der Waals surface area contributed by atoms with Gasteiger partial charge in [-0.1, -0.05) is 96.2 Å². The van der Waals surface area contributed by atoms with E-state index in [2.05, 4.69) is 5.32 Å². The van der Waals surface area contributed by atoms with Crippen molar-refractivity contribution in [2.24, 2.45) is 0 Å². The second-order valence-electron chi connectivity index (χ2n) is 12.0. The molecule has 0 aliphatic heterocycles. The van der Waals surface area contributed by atoms with Crippen LogP contribution >= 0.6 is 23.2 Å². The zero-order chi connectivity index (χ0) is 34.3. The second-order valence-corrected chi connectivity index (χ2v) is 14.7. The number of methoxy groups -OCH3 is 1. The summed E-state index contributed by atoms with van der Waals surface area (Å²) in [7, 11) is -2.81. The van der Waals surface area contributed by atoms with Crippen molar-refractivity contribution >= 4 is 50.7 Å². The number of sulfonamides is 1. The number of hydrogen-bond donors (Lipinski definition) is 1. The summed E-state index contributed by atoms with van der Waals surface area (Å²) in [5.41, 5.74) is 2.61. The number of hydrogen-bond acceptors (Lipinski definition) is 5. The molecule has 1 atom stereocenters. The van der Waals surface area contributed by atoms with Gasteiger partial charge in [0.2, 0.25) is 11.8 Å². The van der Waals surface area contributed by atoms with Gasteiger partial charge in [0.05, 0.1) is 22.7 Å². The Morgan fingerprint density at radius 2 is 1.58 bits per heavy atom. The van der Waals surface area contributed by atoms with Crippen LogP contribution < -0.4 is 14.4 Å². The van der Waals surface area contributed by atoms with Gasteiger partial charge in [0.1, 0.15) is 18.3 Å². The number of carbonyl (C=O) groups is 2. The topological polar surface area (TPSA) is 96.0 Å². The minimum Gasteiger partial charge on any atom is -0.495 e. The molecule has 0 bridgehead atoms. The number of carbonyl (C=O) groups excluding carboxylic acids is 2. The van der Waals surface area contributed by atoms with E-state index >= 15 is 0 Å². The first kappa shape index (κ1) is 35.3. The van der Waals surface area contributed by atoms with Crippen molar-refractivity contribution < 1.29 is 22.7 Å². The molecule has 4 aromatic rings. The van der Waals surface area contributed by atoms with E-state index in [0.717, 1.165) is 41.1 Å². The highest BCUT2D eigenvalue weighted by Gasteiger charge is 2.35. The van der Waals surface area contributed by atoms with E-state index in [0.29, 0.717) is 16.3 Å². The molecule has 0 saturated heterocycles. The molecule has 252 valence electrons. The van der Waals surface area contributed by atoms with E-state index < -0.39 is 28.5 Å². The molecule has 1 saturated carbocycles. The molecule has 1 fully saturated rings. The van der Waals surface area contributed by atoms with Crippen molar-refractivity contribution in [3.05, 3.63) is 124 Å². The quantitative estimate of drug-likeness (QED) is 0.159. The molecule has 48 heavy (non-hydrogen) atoms. The summed E-state index contributed by atoms with van der Waals surface area (Å²) in [6.07, 6.45) is 4.01. The maximum absolute atomic E-state index is 14.7. The number of nitrogens with one attached hydrogen (secondary N) is 1. The average Bonchev–Trinajstić information content (AvgIpc) is 3.58. The zero-order valence-corrected chi connectivity index (χ0v) is 29.3. The highest BCUT2D eigenvalue weighted by Crippen LogP contribution is 2.32. The van der Waals surface area contributed by atoms with E-state index in [1.54, 1.807) is 42.5 Å². The number of nitrogens with zero attached hydrogens (tertiary/aromatic N) is 2. The summed E-state index contributed by atoms with van der Waals surface area (Å²) in [5, 5.41) is 3.84. The lowest BCUT2D eigenvalue weighted by Gasteiger charge is -2.34. The van der Waals surface area contributed by atoms with Crippen LogP contribution in [-0.4, -0.2) is 50.9 Å². The van der Waals surface area contributed by atoms with Gasteiger partial charge in [-0.15, -0.1) is 0 Å². The third-order valence-electron chi connectivity index (χ3n) is 8.53. The number of aryl methyl sites for hydroxylation is 1. The van der Waals surface area contributed by atoms with Gasteiger partial charge in [-0.05, 0) is 73.4 Å². The van der Waals surface area contributed by atoms with Crippen molar-refractivity contribution in [1.82, 2.24) is 10.2 Å². The molecule has 4 aromatic carbocycles. The normalized spacial score (nSPS) is 13.9. The van der Waals surface area contributed by atoms with E-state index in [9.17, 15) is 18.0 Å². The number of anilines is 1. The SMILES string of the molecule is COc1ccc(N(CC(=O)N(Cc2cccc(Cl)c2)C(Cc2ccccc2)C(=O)NC2CCCC2)S(=O)(=O)c2ccc(C)cc2)cc1Cl. The van der Waals surface area contributed by atoms with Crippen molar-refractivity contribution in [1.29, 1.82) is 0 Å². The Kier molecular flexibility index (Phi) is 11.7. The van der Waals surface area contributed by atoms with Crippen LogP contribution in [0, 0.1) is 6.92 Å². The Morgan fingerprint density at radius 1 is 0.896 bits per heavy atom. The summed E-state index contributed by atoms with van der Waals surface area (Å²) in [6, 6.07) is 26.6. The standard InChI is InChI=1S/C37H39Cl2N3O5S/c1-26-15-18-32(19-16-26)48(45,46)42(31-17-20-35(47-2)33(39)23-31)25-36(43)41(24-28-11-8-12-29(38)21-28)34(22-27-9-4-3-5-10-27)37(44)40-30-13-6-7-14-30/h3-5,8-12,15-21,23,30,34H,6-7,13-14,22,24-25H2,1-2H3,(H,40,44). The van der Waals surface area contributed by atoms with Crippen molar-refractivity contribution in [3.8, 4) is 5.75 Å². The van der Waals surface area contributed by atoms with E-state index in [4.69, 9.17) is 27.9 Å². The van der Waals surface area contributed by atoms with Gasteiger partial charge in [0.15, 0.2) is 0 Å². The summed E-state index contributed by atoms with van der Waals surface area (Å²) < 4.78 is 34.9. The van der Waals surface area contributed by atoms with Gasteiger partial charge in [0.25, 0.3) is 10.0 Å². The van der Waals surface area contributed by atoms with Gasteiger partial charge in [0, 0.05) is 24.0 Å². The molecule has 5 rings (SSSR count). The molecule has 0 radical (unpaired) electrons. The van der Waals surface area contributed by atoms with Crippen LogP contribution in [0.25, 0.3) is 0 Å². The number of benzene rings is 4. The maximum atomic E-state index is 14.7. The molecule has 0 aromatic heterocycles. The largest absolute Gasteiger partial charge is 0.495 e. The van der Waals surface area contributed by atoms with Crippen LogP contribution in [0.15, 0.2) is 102 Å². The Bertz CT molecular complexity index is 1830. The molecular weight excluding hydrogens is 669 g/mol. The third kappa shape index (κ3) is 8.69. The van der Waals surface area contributed by atoms with Crippen molar-refractivity contribution in [3.63, 3.8) is 0 Å². The Hall–Kier alpha value is -4.05. The maximum Gasteiger partial charge on any atom is 0.264 e. The fourth-order valence-electron chi connectivity index (χ4n) is 5.93. The predicted octanol–water partition coefficient (Wildman–Crippen LogP) is 7.20. The van der Waals surface area contributed by atoms with Crippen LogP contribution in [0.5, 0.6) is 5.75 Å². The highest BCUT2D eigenvalue weighted by atomic mass is 35.5. The van der Waals surface area contributed by atoms with Crippen LogP contribution in [0.1, 0.15) is 42.4 Å². The highest BCUT2D eigenvalue weighted by molar-refractivity contribution is 7.92. The van der Waals surface area contributed by atoms with E-state index in [-0.39, 0.29) is 40.5 Å². The van der Waals surface area contributed by atoms with Crippen LogP contribution in [0.3, 0.4) is 0 Å². The summed E-state index contributed by atoms with van der Waals surface area (Å²) in [6.45, 7) is 1.29. The lowest BCUT2D eigenvalue weighted by atomic mass is 10.0. The molecule has 1 unspecified atom stereocenters. The van der Waals surface area contributed by atoms with Gasteiger partial charge in [-0.25, -0.2) is 8.42 Å². The molecular formula is C37H39Cl2N3O5S. The van der Waals surface area contributed by atoms with E-state index in [1.807, 2.05) is 43.3 Å². The average molecular weight is 709 g/mol. The smallest absolute Gasteiger partial charge is 0.264 e. The number of halogens is 2. The number of ether oxygens (including phenoxy) is 1. The second kappa shape index (κ2) is 15.9. The first-order valence-electron chi connectivity index (χ1n) is 15.9. The number of rotatable bonds is 13. The first-order chi connectivity index (χ1) is 23.0. The zero-order valence-electron chi connectivity index (χ0n) is 26.9. The van der Waals surface area contributed by atoms with Crippen LogP contribution in [0.4, 0.5) is 5.69 Å². The molecule has 1 aliphatic rings. The number of amides is 2. The Morgan fingerprint density at radius 3 is 2.23 bits per heavy atom. The van der Waals surface area contributed by atoms with Crippen LogP contribution in [0.2, 0.25) is 10.0 Å². The van der Waals surface area contributed by atoms with Crippen molar-refractivity contribution in [2.75, 3.05) is 18.0 Å². The third-order valence-corrected chi connectivity index (χ3v) is 10.8. The molecule has 1 N–H and O–H groups in total. The summed E-state index contributed by atoms with van der Waals surface area (Å²) in [4.78, 5) is 30.3. The van der Waals surface area contributed by atoms with Gasteiger partial charge in [-0.2, -0.15) is 0 Å². The van der Waals surface area contributed by atoms with Crippen molar-refractivity contribution in [2.45, 2.75) is 62.6 Å². The Balaban J connectivity index is 1.58. The summed E-state index contributed by atoms with van der Waals surface area (Å²) in [5.74, 6) is -0.504. The molecule has 8 nitrogen and oxygen atoms in total. The molecule has 1 aliphatic carbocycles. The van der Waals surface area contributed by atoms with Crippen LogP contribution in [-0.2, 0) is 32.6 Å². The fraction of sp³-hybridized carbons (Fsp3) is 0.297. The van der Waals surface area contributed by atoms with Gasteiger partial charge >= 0.3 is 0 Å². The Labute approximate surface area is 292 Å². The molecule has 0 heterocycles. The summed E-state index contributed by atoms with van der Waals surface area (Å²) >= 11 is 12.8. The molecule has 11 heteroatoms.